The van der Waals surface area contributed by atoms with Crippen molar-refractivity contribution in [3.63, 3.8) is 0 Å². The Bertz CT molecular complexity index is 564. The van der Waals surface area contributed by atoms with Crippen LogP contribution in [-0.4, -0.2) is 18.4 Å². The SMILES string of the molecule is CCCCCCOC(=O)C(CC(C)C)C(=O)c1c(C)cc(C)cc1C. The summed E-state index contributed by atoms with van der Waals surface area (Å²) in [6.07, 6.45) is 4.74. The Labute approximate surface area is 153 Å². The van der Waals surface area contributed by atoms with Gasteiger partial charge >= 0.3 is 5.97 Å². The van der Waals surface area contributed by atoms with E-state index in [1.54, 1.807) is 0 Å². The van der Waals surface area contributed by atoms with E-state index in [1.165, 1.54) is 0 Å². The molecule has 0 bridgehead atoms. The molecule has 0 amide bonds. The smallest absolute Gasteiger partial charge is 0.316 e. The van der Waals surface area contributed by atoms with Crippen LogP contribution in [0.4, 0.5) is 0 Å². The monoisotopic (exact) mass is 346 g/mol. The molecule has 0 radical (unpaired) electrons. The first-order chi connectivity index (χ1) is 11.8. The average Bonchev–Trinajstić information content (AvgIpc) is 2.50. The standard InChI is InChI=1S/C22H34O3/c1-7-8-9-10-11-25-22(24)19(12-15(2)3)21(23)20-17(5)13-16(4)14-18(20)6/h13-15,19H,7-12H2,1-6H3. The molecule has 3 nitrogen and oxygen atoms in total. The molecule has 0 saturated heterocycles. The van der Waals surface area contributed by atoms with Gasteiger partial charge in [0.05, 0.1) is 6.61 Å². The Morgan fingerprint density at radius 2 is 1.60 bits per heavy atom. The Morgan fingerprint density at radius 1 is 1.00 bits per heavy atom. The average molecular weight is 347 g/mol. The number of esters is 1. The lowest BCUT2D eigenvalue weighted by atomic mass is 9.85. The van der Waals surface area contributed by atoms with Crippen LogP contribution in [0.1, 0.15) is 79.9 Å². The molecule has 1 unspecified atom stereocenters. The molecule has 0 N–H and O–H groups in total. The zero-order chi connectivity index (χ0) is 19.0. The summed E-state index contributed by atoms with van der Waals surface area (Å²) in [5, 5.41) is 0. The number of ketones is 1. The summed E-state index contributed by atoms with van der Waals surface area (Å²) in [4.78, 5) is 25.7. The van der Waals surface area contributed by atoms with Gasteiger partial charge < -0.3 is 4.74 Å². The van der Waals surface area contributed by atoms with Gasteiger partial charge in [-0.05, 0) is 50.7 Å². The number of aryl methyl sites for hydroxylation is 3. The molecule has 0 fully saturated rings. The number of carbonyl (C=O) groups excluding carboxylic acids is 2. The van der Waals surface area contributed by atoms with Crippen molar-refractivity contribution in [1.82, 2.24) is 0 Å². The number of benzene rings is 1. The van der Waals surface area contributed by atoms with Gasteiger partial charge in [-0.1, -0.05) is 57.7 Å². The van der Waals surface area contributed by atoms with Gasteiger partial charge in [0.15, 0.2) is 5.78 Å². The van der Waals surface area contributed by atoms with Crippen LogP contribution in [0.2, 0.25) is 0 Å². The van der Waals surface area contributed by atoms with Gasteiger partial charge in [-0.15, -0.1) is 0 Å². The van der Waals surface area contributed by atoms with E-state index in [-0.39, 0.29) is 17.7 Å². The zero-order valence-electron chi connectivity index (χ0n) is 16.8. The van der Waals surface area contributed by atoms with E-state index in [1.807, 2.05) is 46.8 Å². The molecule has 1 rings (SSSR count). The van der Waals surface area contributed by atoms with Crippen LogP contribution >= 0.6 is 0 Å². The van der Waals surface area contributed by atoms with E-state index in [4.69, 9.17) is 4.74 Å². The van der Waals surface area contributed by atoms with Crippen LogP contribution in [-0.2, 0) is 9.53 Å². The number of hydrogen-bond acceptors (Lipinski definition) is 3. The van der Waals surface area contributed by atoms with Crippen LogP contribution in [0.15, 0.2) is 12.1 Å². The van der Waals surface area contributed by atoms with Gasteiger partial charge in [0, 0.05) is 5.56 Å². The number of unbranched alkanes of at least 4 members (excludes halogenated alkanes) is 3. The van der Waals surface area contributed by atoms with Gasteiger partial charge in [-0.25, -0.2) is 0 Å². The highest BCUT2D eigenvalue weighted by Crippen LogP contribution is 2.24. The molecule has 0 aliphatic rings. The summed E-state index contributed by atoms with van der Waals surface area (Å²) >= 11 is 0. The molecule has 25 heavy (non-hydrogen) atoms. The molecule has 0 aliphatic carbocycles. The topological polar surface area (TPSA) is 43.4 Å². The molecule has 1 atom stereocenters. The van der Waals surface area contributed by atoms with E-state index in [2.05, 4.69) is 6.92 Å². The van der Waals surface area contributed by atoms with Crippen LogP contribution in [0.25, 0.3) is 0 Å². The fourth-order valence-corrected chi connectivity index (χ4v) is 3.33. The third-order valence-corrected chi connectivity index (χ3v) is 4.47. The molecule has 0 aromatic heterocycles. The molecule has 3 heteroatoms. The predicted molar refractivity (Wildman–Crippen MR) is 103 cm³/mol. The molecule has 1 aromatic rings. The summed E-state index contributed by atoms with van der Waals surface area (Å²) in [6, 6.07) is 4.01. The second kappa shape index (κ2) is 10.4. The van der Waals surface area contributed by atoms with Gasteiger partial charge in [0.2, 0.25) is 0 Å². The summed E-state index contributed by atoms with van der Waals surface area (Å²) in [5.41, 5.74) is 3.68. The van der Waals surface area contributed by atoms with Crippen molar-refractivity contribution in [1.29, 1.82) is 0 Å². The second-order valence-corrected chi connectivity index (χ2v) is 7.55. The largest absolute Gasteiger partial charge is 0.465 e. The molecule has 0 aliphatic heterocycles. The predicted octanol–water partition coefficient (Wildman–Crippen LogP) is 5.58. The highest BCUT2D eigenvalue weighted by molar-refractivity contribution is 6.10. The lowest BCUT2D eigenvalue weighted by Crippen LogP contribution is -2.29. The van der Waals surface area contributed by atoms with Crippen LogP contribution in [0, 0.1) is 32.6 Å². The van der Waals surface area contributed by atoms with Crippen molar-refractivity contribution in [2.45, 2.75) is 73.6 Å². The summed E-state index contributed by atoms with van der Waals surface area (Å²) < 4.78 is 5.44. The maximum absolute atomic E-state index is 13.1. The van der Waals surface area contributed by atoms with Gasteiger partial charge in [0.25, 0.3) is 0 Å². The minimum Gasteiger partial charge on any atom is -0.465 e. The first-order valence-corrected chi connectivity index (χ1v) is 9.56. The van der Waals surface area contributed by atoms with Crippen molar-refractivity contribution < 1.29 is 14.3 Å². The summed E-state index contributed by atoms with van der Waals surface area (Å²) in [5.74, 6) is -0.907. The Morgan fingerprint density at radius 3 is 2.12 bits per heavy atom. The number of ether oxygens (including phenoxy) is 1. The fraction of sp³-hybridized carbons (Fsp3) is 0.636. The number of Topliss-reactive ketones (excluding diaryl/α,β-unsaturated/α-hetero) is 1. The Kier molecular flexibility index (Phi) is 8.88. The van der Waals surface area contributed by atoms with E-state index in [9.17, 15) is 9.59 Å². The van der Waals surface area contributed by atoms with Crippen LogP contribution in [0.5, 0.6) is 0 Å². The molecule has 0 heterocycles. The number of rotatable bonds is 10. The van der Waals surface area contributed by atoms with Gasteiger partial charge in [-0.2, -0.15) is 0 Å². The van der Waals surface area contributed by atoms with Gasteiger partial charge in [0.1, 0.15) is 5.92 Å². The van der Waals surface area contributed by atoms with Crippen molar-refractivity contribution >= 4 is 11.8 Å². The lowest BCUT2D eigenvalue weighted by Gasteiger charge is -2.19. The maximum atomic E-state index is 13.1. The molecular weight excluding hydrogens is 312 g/mol. The third kappa shape index (κ3) is 6.64. The molecule has 0 spiro atoms. The quantitative estimate of drug-likeness (QED) is 0.240. The lowest BCUT2D eigenvalue weighted by molar-refractivity contribution is -0.147. The van der Waals surface area contributed by atoms with Crippen molar-refractivity contribution in [2.75, 3.05) is 6.61 Å². The molecule has 140 valence electrons. The first-order valence-electron chi connectivity index (χ1n) is 9.56. The minimum atomic E-state index is -0.703. The molecule has 1 aromatic carbocycles. The molecular formula is C22H34O3. The van der Waals surface area contributed by atoms with Crippen LogP contribution < -0.4 is 0 Å². The normalized spacial score (nSPS) is 12.3. The van der Waals surface area contributed by atoms with E-state index >= 15 is 0 Å². The van der Waals surface area contributed by atoms with E-state index in [0.29, 0.717) is 18.6 Å². The molecule has 0 saturated carbocycles. The maximum Gasteiger partial charge on any atom is 0.316 e. The highest BCUT2D eigenvalue weighted by atomic mass is 16.5. The van der Waals surface area contributed by atoms with Crippen molar-refractivity contribution in [3.8, 4) is 0 Å². The van der Waals surface area contributed by atoms with Gasteiger partial charge in [-0.3, -0.25) is 9.59 Å². The van der Waals surface area contributed by atoms with Crippen LogP contribution in [0.3, 0.4) is 0 Å². The zero-order valence-corrected chi connectivity index (χ0v) is 16.8. The third-order valence-electron chi connectivity index (χ3n) is 4.47. The summed E-state index contributed by atoms with van der Waals surface area (Å²) in [6.45, 7) is 12.5. The Balaban J connectivity index is 2.91. The van der Waals surface area contributed by atoms with Crippen molar-refractivity contribution in [3.05, 3.63) is 34.4 Å². The summed E-state index contributed by atoms with van der Waals surface area (Å²) in [7, 11) is 0. The number of carbonyl (C=O) groups is 2. The van der Waals surface area contributed by atoms with Crippen molar-refractivity contribution in [2.24, 2.45) is 11.8 Å². The fourth-order valence-electron chi connectivity index (χ4n) is 3.33. The van der Waals surface area contributed by atoms with E-state index < -0.39 is 5.92 Å². The minimum absolute atomic E-state index is 0.0951. The van der Waals surface area contributed by atoms with E-state index in [0.717, 1.165) is 42.4 Å². The second-order valence-electron chi connectivity index (χ2n) is 7.55. The first kappa shape index (κ1) is 21.4. The number of hydrogen-bond donors (Lipinski definition) is 0. The highest BCUT2D eigenvalue weighted by Gasteiger charge is 2.31. The Hall–Kier alpha value is -1.64.